The molecule has 2 aromatic heterocycles. The van der Waals surface area contributed by atoms with Gasteiger partial charge in [0.2, 0.25) is 0 Å². The molecular formula is C16H17N3O4S. The van der Waals surface area contributed by atoms with Gasteiger partial charge < -0.3 is 14.8 Å². The third-order valence-electron chi connectivity index (χ3n) is 3.72. The molecule has 0 bridgehead atoms. The average Bonchev–Trinajstić information content (AvgIpc) is 2.93. The molecule has 2 N–H and O–H groups in total. The van der Waals surface area contributed by atoms with Crippen LogP contribution in [-0.4, -0.2) is 44.6 Å². The third-order valence-corrected chi connectivity index (χ3v) is 4.80. The van der Waals surface area contributed by atoms with E-state index in [1.165, 1.54) is 4.57 Å². The summed E-state index contributed by atoms with van der Waals surface area (Å²) < 4.78 is 6.52. The summed E-state index contributed by atoms with van der Waals surface area (Å²) in [6.45, 7) is 2.21. The van der Waals surface area contributed by atoms with Crippen LogP contribution in [0.5, 0.6) is 0 Å². The number of nitrogens with one attached hydrogen (secondary N) is 1. The van der Waals surface area contributed by atoms with Crippen molar-refractivity contribution in [2.45, 2.75) is 23.9 Å². The number of aromatic nitrogens is 3. The smallest absolute Gasteiger partial charge is 0.316 e. The van der Waals surface area contributed by atoms with Gasteiger partial charge in [0.15, 0.2) is 5.16 Å². The van der Waals surface area contributed by atoms with E-state index in [1.807, 2.05) is 24.3 Å². The second-order valence-electron chi connectivity index (χ2n) is 5.34. The lowest BCUT2D eigenvalue weighted by molar-refractivity contribution is -0.136. The minimum absolute atomic E-state index is 0.228. The average molecular weight is 347 g/mol. The number of methoxy groups -OCH3 is 1. The molecule has 0 unspecified atom stereocenters. The zero-order chi connectivity index (χ0) is 17.3. The fourth-order valence-electron chi connectivity index (χ4n) is 2.45. The number of aliphatic carboxylic acids is 1. The van der Waals surface area contributed by atoms with Gasteiger partial charge in [0, 0.05) is 18.0 Å². The Bertz CT molecular complexity index is 963. The Hall–Kier alpha value is -2.32. The molecule has 24 heavy (non-hydrogen) atoms. The molecule has 1 aromatic carbocycles. The molecule has 0 radical (unpaired) electrons. The first-order valence-corrected chi connectivity index (χ1v) is 8.30. The van der Waals surface area contributed by atoms with Gasteiger partial charge in [-0.2, -0.15) is 0 Å². The zero-order valence-electron chi connectivity index (χ0n) is 13.3. The lowest BCUT2D eigenvalue weighted by Crippen LogP contribution is -2.26. The molecule has 0 aliphatic rings. The highest BCUT2D eigenvalue weighted by atomic mass is 32.2. The number of carbonyl (C=O) groups is 1. The third kappa shape index (κ3) is 2.90. The summed E-state index contributed by atoms with van der Waals surface area (Å²) in [5.41, 5.74) is 1.57. The number of hydrogen-bond donors (Lipinski definition) is 2. The van der Waals surface area contributed by atoms with Crippen LogP contribution >= 0.6 is 11.8 Å². The number of ether oxygens (including phenoxy) is 1. The van der Waals surface area contributed by atoms with Crippen molar-refractivity contribution >= 4 is 39.7 Å². The van der Waals surface area contributed by atoms with Gasteiger partial charge in [0.25, 0.3) is 5.56 Å². The van der Waals surface area contributed by atoms with Crippen molar-refractivity contribution in [1.29, 1.82) is 0 Å². The molecule has 2 heterocycles. The number of para-hydroxylation sites is 1. The van der Waals surface area contributed by atoms with Crippen LogP contribution < -0.4 is 5.56 Å². The number of aromatic amines is 1. The Labute approximate surface area is 141 Å². The van der Waals surface area contributed by atoms with Gasteiger partial charge in [-0.15, -0.1) is 0 Å². The minimum atomic E-state index is -0.952. The molecule has 8 heteroatoms. The largest absolute Gasteiger partial charge is 0.480 e. The van der Waals surface area contributed by atoms with Gasteiger partial charge in [-0.3, -0.25) is 14.2 Å². The van der Waals surface area contributed by atoms with Crippen LogP contribution in [0, 0.1) is 0 Å². The molecule has 126 valence electrons. The first kappa shape index (κ1) is 16.5. The molecule has 0 amide bonds. The van der Waals surface area contributed by atoms with E-state index >= 15 is 0 Å². The molecule has 1 atom stereocenters. The Morgan fingerprint density at radius 1 is 1.46 bits per heavy atom. The first-order valence-electron chi connectivity index (χ1n) is 7.42. The van der Waals surface area contributed by atoms with Crippen LogP contribution in [0.2, 0.25) is 0 Å². The summed E-state index contributed by atoms with van der Waals surface area (Å²) in [5.74, 6) is -0.952. The number of benzene rings is 1. The van der Waals surface area contributed by atoms with E-state index < -0.39 is 11.2 Å². The number of carboxylic acids is 1. The highest BCUT2D eigenvalue weighted by Crippen LogP contribution is 2.26. The van der Waals surface area contributed by atoms with Crippen molar-refractivity contribution in [3.8, 4) is 0 Å². The predicted molar refractivity (Wildman–Crippen MR) is 92.7 cm³/mol. The number of rotatable bonds is 6. The fourth-order valence-corrected chi connectivity index (χ4v) is 3.32. The van der Waals surface area contributed by atoms with Gasteiger partial charge in [0.05, 0.1) is 13.2 Å². The molecule has 0 aliphatic heterocycles. The van der Waals surface area contributed by atoms with Crippen LogP contribution in [0.25, 0.3) is 21.9 Å². The quantitative estimate of drug-likeness (QED) is 0.523. The number of H-pyrrole nitrogens is 1. The topological polar surface area (TPSA) is 97.2 Å². The van der Waals surface area contributed by atoms with Crippen LogP contribution in [0.1, 0.15) is 6.92 Å². The second kappa shape index (κ2) is 6.66. The van der Waals surface area contributed by atoms with E-state index in [0.29, 0.717) is 29.3 Å². The fraction of sp³-hybridized carbons (Fsp3) is 0.312. The van der Waals surface area contributed by atoms with Crippen LogP contribution in [0.4, 0.5) is 0 Å². The Kier molecular flexibility index (Phi) is 4.59. The molecule has 3 aromatic rings. The molecule has 0 saturated carbocycles. The Balaban J connectivity index is 2.23. The predicted octanol–water partition coefficient (Wildman–Crippen LogP) is 2.09. The summed E-state index contributed by atoms with van der Waals surface area (Å²) in [6, 6.07) is 7.52. The summed E-state index contributed by atoms with van der Waals surface area (Å²) in [4.78, 5) is 31.7. The number of nitrogens with zero attached hydrogens (tertiary/aromatic N) is 2. The normalized spacial score (nSPS) is 12.8. The zero-order valence-corrected chi connectivity index (χ0v) is 14.1. The van der Waals surface area contributed by atoms with Gasteiger partial charge in [0.1, 0.15) is 16.3 Å². The number of hydrogen-bond acceptors (Lipinski definition) is 5. The van der Waals surface area contributed by atoms with Crippen molar-refractivity contribution in [3.63, 3.8) is 0 Å². The lowest BCUT2D eigenvalue weighted by atomic mass is 10.2. The van der Waals surface area contributed by atoms with Gasteiger partial charge in [-0.05, 0) is 13.0 Å². The summed E-state index contributed by atoms with van der Waals surface area (Å²) in [5, 5.41) is 9.66. The maximum absolute atomic E-state index is 12.9. The van der Waals surface area contributed by atoms with Gasteiger partial charge >= 0.3 is 5.97 Å². The lowest BCUT2D eigenvalue weighted by Gasteiger charge is -2.13. The number of fused-ring (bicyclic) bond motifs is 3. The van der Waals surface area contributed by atoms with Crippen molar-refractivity contribution < 1.29 is 14.6 Å². The number of carboxylic acid groups (broad SMARTS) is 1. The van der Waals surface area contributed by atoms with E-state index in [4.69, 9.17) is 9.84 Å². The number of thioether (sulfide) groups is 1. The van der Waals surface area contributed by atoms with Crippen molar-refractivity contribution in [2.75, 3.05) is 13.7 Å². The highest BCUT2D eigenvalue weighted by molar-refractivity contribution is 8.00. The Morgan fingerprint density at radius 3 is 2.92 bits per heavy atom. The van der Waals surface area contributed by atoms with Crippen molar-refractivity contribution in [2.24, 2.45) is 0 Å². The highest BCUT2D eigenvalue weighted by Gasteiger charge is 2.20. The van der Waals surface area contributed by atoms with E-state index in [2.05, 4.69) is 9.97 Å². The van der Waals surface area contributed by atoms with Crippen molar-refractivity contribution in [3.05, 3.63) is 34.6 Å². The summed E-state index contributed by atoms with van der Waals surface area (Å²) in [7, 11) is 1.55. The Morgan fingerprint density at radius 2 is 2.21 bits per heavy atom. The van der Waals surface area contributed by atoms with E-state index in [1.54, 1.807) is 14.0 Å². The summed E-state index contributed by atoms with van der Waals surface area (Å²) >= 11 is 1.05. The van der Waals surface area contributed by atoms with Gasteiger partial charge in [-0.1, -0.05) is 30.0 Å². The SMILES string of the molecule is COCCn1c(S[C@H](C)C(=O)O)nc2c([nH]c3ccccc32)c1=O. The van der Waals surface area contributed by atoms with Crippen LogP contribution in [0.15, 0.2) is 34.2 Å². The molecular weight excluding hydrogens is 330 g/mol. The minimum Gasteiger partial charge on any atom is -0.480 e. The molecule has 3 rings (SSSR count). The monoisotopic (exact) mass is 347 g/mol. The molecule has 7 nitrogen and oxygen atoms in total. The second-order valence-corrected chi connectivity index (χ2v) is 6.64. The molecule has 0 fully saturated rings. The van der Waals surface area contributed by atoms with E-state index in [-0.39, 0.29) is 5.56 Å². The van der Waals surface area contributed by atoms with Crippen molar-refractivity contribution in [1.82, 2.24) is 14.5 Å². The van der Waals surface area contributed by atoms with Gasteiger partial charge in [-0.25, -0.2) is 4.98 Å². The molecule has 0 aliphatic carbocycles. The standard InChI is InChI=1S/C16H17N3O4S/c1-9(15(21)22)24-16-18-12-10-5-3-4-6-11(10)17-13(12)14(20)19(16)7-8-23-2/h3-6,9,17H,7-8H2,1-2H3,(H,21,22)/t9-/m1/s1. The maximum Gasteiger partial charge on any atom is 0.316 e. The van der Waals surface area contributed by atoms with Crippen LogP contribution in [0.3, 0.4) is 0 Å². The molecule has 0 spiro atoms. The molecule has 0 saturated heterocycles. The summed E-state index contributed by atoms with van der Waals surface area (Å²) in [6.07, 6.45) is 0. The van der Waals surface area contributed by atoms with Crippen LogP contribution in [-0.2, 0) is 16.1 Å². The van der Waals surface area contributed by atoms with E-state index in [9.17, 15) is 9.59 Å². The first-order chi connectivity index (χ1) is 11.5. The maximum atomic E-state index is 12.9. The van der Waals surface area contributed by atoms with E-state index in [0.717, 1.165) is 22.7 Å².